The van der Waals surface area contributed by atoms with Crippen molar-refractivity contribution in [2.24, 2.45) is 0 Å². The van der Waals surface area contributed by atoms with Crippen LogP contribution in [0.1, 0.15) is 31.7 Å². The molecule has 4 nitrogen and oxygen atoms in total. The van der Waals surface area contributed by atoms with Crippen LogP contribution in [0, 0.1) is 0 Å². The Bertz CT molecular complexity index is 580. The van der Waals surface area contributed by atoms with Gasteiger partial charge in [-0.05, 0) is 31.5 Å². The van der Waals surface area contributed by atoms with Crippen LogP contribution in [0.3, 0.4) is 0 Å². The summed E-state index contributed by atoms with van der Waals surface area (Å²) < 4.78 is 5.09. The van der Waals surface area contributed by atoms with Gasteiger partial charge in [-0.2, -0.15) is 0 Å². The number of amides is 1. The Kier molecular flexibility index (Phi) is 4.45. The van der Waals surface area contributed by atoms with Crippen molar-refractivity contribution >= 4 is 23.5 Å². The lowest BCUT2D eigenvalue weighted by atomic mass is 9.84. The number of esters is 1. The van der Waals surface area contributed by atoms with Gasteiger partial charge in [0.05, 0.1) is 12.2 Å². The van der Waals surface area contributed by atoms with Gasteiger partial charge in [-0.1, -0.05) is 23.7 Å². The highest BCUT2D eigenvalue weighted by Gasteiger charge is 2.32. The van der Waals surface area contributed by atoms with Crippen LogP contribution in [-0.2, 0) is 14.3 Å². The van der Waals surface area contributed by atoms with Gasteiger partial charge in [-0.25, -0.2) is 4.79 Å². The number of carbonyl (C=O) groups is 2. The van der Waals surface area contributed by atoms with Gasteiger partial charge in [-0.15, -0.1) is 0 Å². The quantitative estimate of drug-likeness (QED) is 0.872. The van der Waals surface area contributed by atoms with E-state index in [0.717, 1.165) is 5.56 Å². The average molecular weight is 294 g/mol. The third-order valence-corrected chi connectivity index (χ3v) is 3.45. The monoisotopic (exact) mass is 293 g/mol. The molecule has 0 fully saturated rings. The summed E-state index contributed by atoms with van der Waals surface area (Å²) in [5, 5.41) is 3.27. The van der Waals surface area contributed by atoms with E-state index in [9.17, 15) is 9.59 Å². The van der Waals surface area contributed by atoms with E-state index < -0.39 is 5.97 Å². The Morgan fingerprint density at radius 3 is 2.90 bits per heavy atom. The van der Waals surface area contributed by atoms with E-state index >= 15 is 0 Å². The number of allylic oxidation sites excluding steroid dienone is 1. The highest BCUT2D eigenvalue weighted by atomic mass is 35.5. The highest BCUT2D eigenvalue weighted by Crippen LogP contribution is 2.34. The van der Waals surface area contributed by atoms with Crippen molar-refractivity contribution in [3.05, 3.63) is 46.1 Å². The molecule has 1 unspecified atom stereocenters. The fourth-order valence-corrected chi connectivity index (χ4v) is 2.59. The van der Waals surface area contributed by atoms with Gasteiger partial charge in [0.1, 0.15) is 0 Å². The molecule has 5 heteroatoms. The molecule has 0 aliphatic carbocycles. The smallest absolute Gasteiger partial charge is 0.336 e. The first-order valence-corrected chi connectivity index (χ1v) is 6.84. The zero-order valence-corrected chi connectivity index (χ0v) is 12.2. The first-order chi connectivity index (χ1) is 9.52. The predicted molar refractivity (Wildman–Crippen MR) is 76.3 cm³/mol. The zero-order valence-electron chi connectivity index (χ0n) is 11.4. The maximum Gasteiger partial charge on any atom is 0.336 e. The SMILES string of the molecule is CCOC(=O)C1=C(C)NC(=O)CC1c1cccc(Cl)c1. The largest absolute Gasteiger partial charge is 0.463 e. The van der Waals surface area contributed by atoms with Crippen molar-refractivity contribution in [2.45, 2.75) is 26.2 Å². The molecule has 0 saturated heterocycles. The molecule has 1 aromatic carbocycles. The maximum absolute atomic E-state index is 12.1. The molecule has 20 heavy (non-hydrogen) atoms. The molecule has 0 radical (unpaired) electrons. The topological polar surface area (TPSA) is 55.4 Å². The number of rotatable bonds is 3. The van der Waals surface area contributed by atoms with Gasteiger partial charge < -0.3 is 10.1 Å². The van der Waals surface area contributed by atoms with Gasteiger partial charge in [-0.3, -0.25) is 4.79 Å². The van der Waals surface area contributed by atoms with E-state index in [4.69, 9.17) is 16.3 Å². The average Bonchev–Trinajstić information content (AvgIpc) is 2.37. The second-order valence-corrected chi connectivity index (χ2v) is 5.06. The molecule has 1 aromatic rings. The van der Waals surface area contributed by atoms with Crippen molar-refractivity contribution in [1.82, 2.24) is 5.32 Å². The predicted octanol–water partition coefficient (Wildman–Crippen LogP) is 2.78. The molecule has 1 heterocycles. The Morgan fingerprint density at radius 1 is 1.50 bits per heavy atom. The second kappa shape index (κ2) is 6.09. The van der Waals surface area contributed by atoms with E-state index in [0.29, 0.717) is 22.9 Å². The standard InChI is InChI=1S/C15H16ClNO3/c1-3-20-15(19)14-9(2)17-13(18)8-12(14)10-5-4-6-11(16)7-10/h4-7,12H,3,8H2,1-2H3,(H,17,18). The first-order valence-electron chi connectivity index (χ1n) is 6.46. The lowest BCUT2D eigenvalue weighted by molar-refractivity contribution is -0.139. The summed E-state index contributed by atoms with van der Waals surface area (Å²) in [6.07, 6.45) is 0.214. The molecule has 0 aromatic heterocycles. The number of ether oxygens (including phenoxy) is 1. The summed E-state index contributed by atoms with van der Waals surface area (Å²) in [5.74, 6) is -0.822. The summed E-state index contributed by atoms with van der Waals surface area (Å²) in [5.41, 5.74) is 1.88. The lowest BCUT2D eigenvalue weighted by Gasteiger charge is -2.26. The van der Waals surface area contributed by atoms with Crippen LogP contribution in [-0.4, -0.2) is 18.5 Å². The van der Waals surface area contributed by atoms with Gasteiger partial charge >= 0.3 is 5.97 Å². The number of carbonyl (C=O) groups excluding carboxylic acids is 2. The van der Waals surface area contributed by atoms with Crippen LogP contribution in [0.4, 0.5) is 0 Å². The molecule has 1 aliphatic heterocycles. The summed E-state index contributed by atoms with van der Waals surface area (Å²) in [4.78, 5) is 23.9. The van der Waals surface area contributed by atoms with Crippen molar-refractivity contribution < 1.29 is 14.3 Å². The molecule has 1 N–H and O–H groups in total. The molecule has 2 rings (SSSR count). The van der Waals surface area contributed by atoms with Crippen molar-refractivity contribution in [1.29, 1.82) is 0 Å². The molecule has 1 aliphatic rings. The fraction of sp³-hybridized carbons (Fsp3) is 0.333. The van der Waals surface area contributed by atoms with Gasteiger partial charge in [0.25, 0.3) is 0 Å². The van der Waals surface area contributed by atoms with Crippen molar-refractivity contribution in [3.8, 4) is 0 Å². The molecule has 1 amide bonds. The fourth-order valence-electron chi connectivity index (χ4n) is 2.39. The van der Waals surface area contributed by atoms with E-state index in [1.807, 2.05) is 12.1 Å². The van der Waals surface area contributed by atoms with Gasteiger partial charge in [0.15, 0.2) is 0 Å². The highest BCUT2D eigenvalue weighted by molar-refractivity contribution is 6.30. The van der Waals surface area contributed by atoms with Crippen LogP contribution < -0.4 is 5.32 Å². The van der Waals surface area contributed by atoms with Crippen LogP contribution >= 0.6 is 11.6 Å². The molecule has 106 valence electrons. The summed E-state index contributed by atoms with van der Waals surface area (Å²) in [7, 11) is 0. The summed E-state index contributed by atoms with van der Waals surface area (Å²) >= 11 is 5.99. The Labute approximate surface area is 122 Å². The minimum Gasteiger partial charge on any atom is -0.463 e. The first kappa shape index (κ1) is 14.6. The summed E-state index contributed by atoms with van der Waals surface area (Å²) in [6, 6.07) is 7.20. The van der Waals surface area contributed by atoms with E-state index in [2.05, 4.69) is 5.32 Å². The zero-order chi connectivity index (χ0) is 14.7. The third kappa shape index (κ3) is 3.02. The van der Waals surface area contributed by atoms with Crippen molar-refractivity contribution in [2.75, 3.05) is 6.61 Å². The van der Waals surface area contributed by atoms with Gasteiger partial charge in [0, 0.05) is 23.1 Å². The number of nitrogens with one attached hydrogen (secondary N) is 1. The minimum atomic E-state index is -0.394. The Morgan fingerprint density at radius 2 is 2.25 bits per heavy atom. The molecular weight excluding hydrogens is 278 g/mol. The maximum atomic E-state index is 12.1. The molecule has 1 atom stereocenters. The third-order valence-electron chi connectivity index (χ3n) is 3.22. The summed E-state index contributed by atoms with van der Waals surface area (Å²) in [6.45, 7) is 3.76. The Hall–Kier alpha value is -1.81. The molecule has 0 saturated carbocycles. The normalized spacial score (nSPS) is 18.8. The number of halogens is 1. The number of hydrogen-bond acceptors (Lipinski definition) is 3. The second-order valence-electron chi connectivity index (χ2n) is 4.62. The van der Waals surface area contributed by atoms with Crippen LogP contribution in [0.5, 0.6) is 0 Å². The molecule has 0 spiro atoms. The van der Waals surface area contributed by atoms with Gasteiger partial charge in [0.2, 0.25) is 5.91 Å². The van der Waals surface area contributed by atoms with E-state index in [-0.39, 0.29) is 18.2 Å². The lowest BCUT2D eigenvalue weighted by Crippen LogP contribution is -2.34. The molecule has 0 bridgehead atoms. The number of hydrogen-bond donors (Lipinski definition) is 1. The minimum absolute atomic E-state index is 0.111. The van der Waals surface area contributed by atoms with E-state index in [1.54, 1.807) is 26.0 Å². The Balaban J connectivity index is 2.44. The molecular formula is C15H16ClNO3. The van der Waals surface area contributed by atoms with Crippen LogP contribution in [0.25, 0.3) is 0 Å². The van der Waals surface area contributed by atoms with E-state index in [1.165, 1.54) is 0 Å². The van der Waals surface area contributed by atoms with Crippen LogP contribution in [0.2, 0.25) is 5.02 Å². The van der Waals surface area contributed by atoms with Crippen molar-refractivity contribution in [3.63, 3.8) is 0 Å². The van der Waals surface area contributed by atoms with Crippen LogP contribution in [0.15, 0.2) is 35.5 Å². The number of benzene rings is 1.